The second-order valence-corrected chi connectivity index (χ2v) is 12.3. The third-order valence-corrected chi connectivity index (χ3v) is 9.03. The fourth-order valence-corrected chi connectivity index (χ4v) is 6.92. The average molecular weight is 554 g/mol. The molecule has 2 aliphatic heterocycles. The Morgan fingerprint density at radius 3 is 2.02 bits per heavy atom. The number of aromatic nitrogens is 1. The normalized spacial score (nSPS) is 17.8. The SMILES string of the molecule is CN(C)c1ccc(C2(c3c(-c4ccccc4)cn4c3C(C)(C)c3ccccc3-4)OC(=O)c3cc(N(C)C)ccc32)cc1. The largest absolute Gasteiger partial charge is 0.440 e. The number of fused-ring (bicyclic) bond motifs is 4. The van der Waals surface area contributed by atoms with Gasteiger partial charge in [0, 0.05) is 84.8 Å². The van der Waals surface area contributed by atoms with Crippen LogP contribution in [0.4, 0.5) is 11.4 Å². The van der Waals surface area contributed by atoms with Crippen LogP contribution < -0.4 is 9.80 Å². The number of carbonyl (C=O) groups is 1. The molecule has 1 unspecified atom stereocenters. The first-order valence-corrected chi connectivity index (χ1v) is 14.4. The molecule has 2 aliphatic rings. The van der Waals surface area contributed by atoms with Gasteiger partial charge in [0.2, 0.25) is 0 Å². The molecule has 7 rings (SSSR count). The lowest BCUT2D eigenvalue weighted by Gasteiger charge is -2.34. The van der Waals surface area contributed by atoms with E-state index in [1.165, 1.54) is 5.56 Å². The zero-order valence-corrected chi connectivity index (χ0v) is 25.0. The molecule has 5 aromatic rings. The molecular weight excluding hydrogens is 518 g/mol. The predicted molar refractivity (Wildman–Crippen MR) is 170 cm³/mol. The molecule has 3 heterocycles. The van der Waals surface area contributed by atoms with Crippen LogP contribution in [-0.4, -0.2) is 38.7 Å². The molecule has 42 heavy (non-hydrogen) atoms. The maximum absolute atomic E-state index is 14.0. The van der Waals surface area contributed by atoms with E-state index in [4.69, 9.17) is 4.74 Å². The van der Waals surface area contributed by atoms with Crippen molar-refractivity contribution in [3.8, 4) is 16.8 Å². The topological polar surface area (TPSA) is 37.7 Å². The van der Waals surface area contributed by atoms with Gasteiger partial charge in [-0.3, -0.25) is 0 Å². The first kappa shape index (κ1) is 26.1. The number of ether oxygens (including phenoxy) is 1. The van der Waals surface area contributed by atoms with Crippen LogP contribution in [-0.2, 0) is 15.8 Å². The van der Waals surface area contributed by atoms with Gasteiger partial charge in [0.15, 0.2) is 5.60 Å². The highest BCUT2D eigenvalue weighted by atomic mass is 16.6. The third-order valence-electron chi connectivity index (χ3n) is 9.03. The predicted octanol–water partition coefficient (Wildman–Crippen LogP) is 7.38. The summed E-state index contributed by atoms with van der Waals surface area (Å²) in [5, 5.41) is 0. The number of hydrogen-bond donors (Lipinski definition) is 0. The van der Waals surface area contributed by atoms with Crippen molar-refractivity contribution in [2.24, 2.45) is 0 Å². The van der Waals surface area contributed by atoms with E-state index in [0.29, 0.717) is 5.56 Å². The number of anilines is 2. The zero-order valence-electron chi connectivity index (χ0n) is 25.0. The Bertz CT molecular complexity index is 1850. The van der Waals surface area contributed by atoms with Crippen LogP contribution >= 0.6 is 0 Å². The van der Waals surface area contributed by atoms with Crippen molar-refractivity contribution in [2.45, 2.75) is 24.9 Å². The summed E-state index contributed by atoms with van der Waals surface area (Å²) in [6.45, 7) is 4.55. The van der Waals surface area contributed by atoms with Crippen LogP contribution in [0.3, 0.4) is 0 Å². The summed E-state index contributed by atoms with van der Waals surface area (Å²) < 4.78 is 9.10. The van der Waals surface area contributed by atoms with E-state index in [2.05, 4.69) is 114 Å². The second kappa shape index (κ2) is 9.12. The van der Waals surface area contributed by atoms with Gasteiger partial charge in [0.25, 0.3) is 0 Å². The average Bonchev–Trinajstić information content (AvgIpc) is 3.61. The van der Waals surface area contributed by atoms with Crippen LogP contribution in [0.25, 0.3) is 16.8 Å². The standard InChI is InChI=1S/C37H35N3O2/c1-36(2)31-14-10-11-15-32(31)40-23-29(24-12-8-7-9-13-24)33(34(36)40)37(25-16-18-26(19-17-25)38(3)4)30-21-20-27(39(5)6)22-28(30)35(41)42-37/h7-23H,1-6H3. The number of nitrogens with zero attached hydrogens (tertiary/aromatic N) is 3. The van der Waals surface area contributed by atoms with E-state index in [0.717, 1.165) is 50.6 Å². The van der Waals surface area contributed by atoms with Crippen molar-refractivity contribution in [2.75, 3.05) is 38.0 Å². The Morgan fingerprint density at radius 1 is 0.690 bits per heavy atom. The molecule has 0 radical (unpaired) electrons. The smallest absolute Gasteiger partial charge is 0.340 e. The Labute approximate surface area is 247 Å². The van der Waals surface area contributed by atoms with Gasteiger partial charge in [0.1, 0.15) is 0 Å². The maximum Gasteiger partial charge on any atom is 0.340 e. The van der Waals surface area contributed by atoms with E-state index < -0.39 is 5.60 Å². The van der Waals surface area contributed by atoms with Crippen molar-refractivity contribution >= 4 is 17.3 Å². The summed E-state index contributed by atoms with van der Waals surface area (Å²) in [6, 6.07) is 33.6. The summed E-state index contributed by atoms with van der Waals surface area (Å²) in [4.78, 5) is 18.1. The summed E-state index contributed by atoms with van der Waals surface area (Å²) in [7, 11) is 8.05. The summed E-state index contributed by atoms with van der Waals surface area (Å²) >= 11 is 0. The molecule has 1 aromatic heterocycles. The molecule has 5 nitrogen and oxygen atoms in total. The Hall–Kier alpha value is -4.77. The molecule has 0 fully saturated rings. The minimum atomic E-state index is -1.15. The first-order chi connectivity index (χ1) is 20.1. The highest BCUT2D eigenvalue weighted by Crippen LogP contribution is 2.57. The Morgan fingerprint density at radius 2 is 1.33 bits per heavy atom. The number of cyclic esters (lactones) is 1. The second-order valence-electron chi connectivity index (χ2n) is 12.3. The summed E-state index contributed by atoms with van der Waals surface area (Å²) in [5.74, 6) is -0.308. The Balaban J connectivity index is 1.62. The quantitative estimate of drug-likeness (QED) is 0.213. The molecular formula is C37H35N3O2. The Kier molecular flexibility index (Phi) is 5.68. The highest BCUT2D eigenvalue weighted by Gasteiger charge is 2.55. The molecule has 0 amide bonds. The molecule has 0 aliphatic carbocycles. The van der Waals surface area contributed by atoms with Crippen LogP contribution in [0, 0.1) is 0 Å². The zero-order chi connectivity index (χ0) is 29.4. The van der Waals surface area contributed by atoms with Crippen molar-refractivity contribution in [1.29, 1.82) is 0 Å². The first-order valence-electron chi connectivity index (χ1n) is 14.4. The van der Waals surface area contributed by atoms with E-state index in [1.54, 1.807) is 0 Å². The monoisotopic (exact) mass is 553 g/mol. The van der Waals surface area contributed by atoms with E-state index in [-0.39, 0.29) is 11.4 Å². The van der Waals surface area contributed by atoms with Crippen LogP contribution in [0.5, 0.6) is 0 Å². The van der Waals surface area contributed by atoms with E-state index in [1.807, 2.05) is 45.2 Å². The van der Waals surface area contributed by atoms with E-state index >= 15 is 0 Å². The lowest BCUT2D eigenvalue weighted by atomic mass is 9.72. The number of rotatable bonds is 5. The fourth-order valence-electron chi connectivity index (χ4n) is 6.92. The van der Waals surface area contributed by atoms with Crippen molar-refractivity contribution in [3.05, 3.63) is 137 Å². The minimum Gasteiger partial charge on any atom is -0.440 e. The lowest BCUT2D eigenvalue weighted by Crippen LogP contribution is -2.33. The van der Waals surface area contributed by atoms with Crippen LogP contribution in [0.1, 0.15) is 52.2 Å². The number of carbonyl (C=O) groups excluding carboxylic acids is 1. The van der Waals surface area contributed by atoms with Crippen molar-refractivity contribution < 1.29 is 9.53 Å². The number of hydrogen-bond acceptors (Lipinski definition) is 4. The number of para-hydroxylation sites is 1. The molecule has 5 heteroatoms. The molecule has 0 saturated heterocycles. The minimum absolute atomic E-state index is 0.308. The number of esters is 1. The molecule has 0 spiro atoms. The van der Waals surface area contributed by atoms with Crippen LogP contribution in [0.15, 0.2) is 103 Å². The van der Waals surface area contributed by atoms with Gasteiger partial charge >= 0.3 is 5.97 Å². The molecule has 0 N–H and O–H groups in total. The number of benzene rings is 4. The molecule has 1 atom stereocenters. The van der Waals surface area contributed by atoms with Gasteiger partial charge in [-0.05, 0) is 41.5 Å². The molecule has 210 valence electrons. The van der Waals surface area contributed by atoms with Gasteiger partial charge in [-0.25, -0.2) is 4.79 Å². The fraction of sp³-hybridized carbons (Fsp3) is 0.216. The van der Waals surface area contributed by atoms with Gasteiger partial charge in [-0.15, -0.1) is 0 Å². The van der Waals surface area contributed by atoms with E-state index in [9.17, 15) is 4.79 Å². The van der Waals surface area contributed by atoms with Gasteiger partial charge in [-0.1, -0.05) is 80.6 Å². The molecule has 4 aromatic carbocycles. The van der Waals surface area contributed by atoms with Gasteiger partial charge < -0.3 is 19.1 Å². The summed E-state index contributed by atoms with van der Waals surface area (Å²) in [5.41, 5.74) is 9.66. The van der Waals surface area contributed by atoms with Gasteiger partial charge in [0.05, 0.1) is 5.56 Å². The van der Waals surface area contributed by atoms with Crippen molar-refractivity contribution in [1.82, 2.24) is 4.57 Å². The third kappa shape index (κ3) is 3.52. The lowest BCUT2D eigenvalue weighted by molar-refractivity contribution is 0.0249. The molecule has 0 saturated carbocycles. The molecule has 0 bridgehead atoms. The highest BCUT2D eigenvalue weighted by molar-refractivity contribution is 5.98. The van der Waals surface area contributed by atoms with Crippen LogP contribution in [0.2, 0.25) is 0 Å². The summed E-state index contributed by atoms with van der Waals surface area (Å²) in [6.07, 6.45) is 2.24. The van der Waals surface area contributed by atoms with Crippen molar-refractivity contribution in [3.63, 3.8) is 0 Å². The maximum atomic E-state index is 14.0. The van der Waals surface area contributed by atoms with Gasteiger partial charge in [-0.2, -0.15) is 0 Å².